The second kappa shape index (κ2) is 10.6. The van der Waals surface area contributed by atoms with Gasteiger partial charge in [-0.2, -0.15) is 0 Å². The number of nitrogens with one attached hydrogen (secondary N) is 2. The molecule has 1 aliphatic heterocycles. The highest BCUT2D eigenvalue weighted by atomic mass is 127. The highest BCUT2D eigenvalue weighted by Gasteiger charge is 2.21. The molecule has 0 amide bonds. The lowest BCUT2D eigenvalue weighted by molar-refractivity contribution is 0.254. The molecule has 1 atom stereocenters. The first-order valence-electron chi connectivity index (χ1n) is 9.67. The third-order valence-electron chi connectivity index (χ3n) is 4.48. The van der Waals surface area contributed by atoms with Crippen molar-refractivity contribution in [3.63, 3.8) is 0 Å². The molecule has 28 heavy (non-hydrogen) atoms. The van der Waals surface area contributed by atoms with Gasteiger partial charge in [-0.25, -0.2) is 4.99 Å². The number of aryl methyl sites for hydroxylation is 1. The van der Waals surface area contributed by atoms with Gasteiger partial charge in [0.1, 0.15) is 17.6 Å². The number of rotatable bonds is 7. The number of halogens is 1. The van der Waals surface area contributed by atoms with E-state index in [1.54, 1.807) is 0 Å². The number of ether oxygens (including phenoxy) is 2. The molecule has 1 unspecified atom stereocenters. The van der Waals surface area contributed by atoms with Gasteiger partial charge in [-0.1, -0.05) is 0 Å². The van der Waals surface area contributed by atoms with Crippen LogP contribution in [0.4, 0.5) is 0 Å². The van der Waals surface area contributed by atoms with E-state index in [2.05, 4.69) is 53.9 Å². The zero-order valence-corrected chi connectivity index (χ0v) is 19.4. The molecule has 0 radical (unpaired) electrons. The van der Waals surface area contributed by atoms with Gasteiger partial charge in [0.25, 0.3) is 0 Å². The van der Waals surface area contributed by atoms with Crippen molar-refractivity contribution in [1.29, 1.82) is 0 Å². The molecule has 0 aliphatic carbocycles. The summed E-state index contributed by atoms with van der Waals surface area (Å²) in [7, 11) is 2.02. The van der Waals surface area contributed by atoms with E-state index in [1.165, 1.54) is 11.1 Å². The number of aliphatic imine (C=N–C) groups is 1. The molecule has 0 bridgehead atoms. The van der Waals surface area contributed by atoms with Crippen LogP contribution in [0, 0.1) is 0 Å². The van der Waals surface area contributed by atoms with E-state index in [-0.39, 0.29) is 30.1 Å². The standard InChI is InChI=1S/C21H30N4O2.HI/c1-5-22-21(23-12-16-7-8-25(4)14-16)24-13-18-11-20-17(9-15(3)27-20)10-19(18)26-6-2;/h7-8,10-11,14-15H,5-6,9,12-13H2,1-4H3,(H2,22,23,24);1H. The Bertz CT molecular complexity index is 804. The van der Waals surface area contributed by atoms with Crippen LogP contribution in [0.15, 0.2) is 35.6 Å². The number of guanidine groups is 1. The molecule has 2 aromatic rings. The average molecular weight is 498 g/mol. The molecule has 3 rings (SSSR count). The summed E-state index contributed by atoms with van der Waals surface area (Å²) in [5.74, 6) is 2.67. The Balaban J connectivity index is 0.00000280. The average Bonchev–Trinajstić information content (AvgIpc) is 3.21. The molecule has 0 fully saturated rings. The molecular formula is C21H31IN4O2. The Morgan fingerprint density at radius 2 is 2.14 bits per heavy atom. The second-order valence-corrected chi connectivity index (χ2v) is 6.87. The minimum Gasteiger partial charge on any atom is -0.494 e. The van der Waals surface area contributed by atoms with Gasteiger partial charge in [0.2, 0.25) is 0 Å². The number of nitrogens with zero attached hydrogens (tertiary/aromatic N) is 2. The second-order valence-electron chi connectivity index (χ2n) is 6.87. The van der Waals surface area contributed by atoms with Crippen LogP contribution < -0.4 is 20.1 Å². The maximum Gasteiger partial charge on any atom is 0.191 e. The molecule has 1 aliphatic rings. The molecule has 6 nitrogen and oxygen atoms in total. The smallest absolute Gasteiger partial charge is 0.191 e. The molecular weight excluding hydrogens is 467 g/mol. The topological polar surface area (TPSA) is 59.8 Å². The monoisotopic (exact) mass is 498 g/mol. The van der Waals surface area contributed by atoms with E-state index in [4.69, 9.17) is 9.47 Å². The van der Waals surface area contributed by atoms with E-state index < -0.39 is 0 Å². The fraction of sp³-hybridized carbons (Fsp3) is 0.476. The summed E-state index contributed by atoms with van der Waals surface area (Å²) in [6.07, 6.45) is 5.27. The number of aromatic nitrogens is 1. The van der Waals surface area contributed by atoms with Crippen molar-refractivity contribution in [2.45, 2.75) is 46.4 Å². The van der Waals surface area contributed by atoms with Gasteiger partial charge in [-0.05, 0) is 44.5 Å². The number of fused-ring (bicyclic) bond motifs is 1. The molecule has 7 heteroatoms. The van der Waals surface area contributed by atoms with Crippen LogP contribution in [0.25, 0.3) is 0 Å². The first-order valence-corrected chi connectivity index (χ1v) is 9.67. The maximum absolute atomic E-state index is 5.91. The van der Waals surface area contributed by atoms with Gasteiger partial charge >= 0.3 is 0 Å². The quantitative estimate of drug-likeness (QED) is 0.348. The lowest BCUT2D eigenvalue weighted by atomic mass is 10.1. The van der Waals surface area contributed by atoms with Crippen LogP contribution in [-0.2, 0) is 26.6 Å². The highest BCUT2D eigenvalue weighted by Crippen LogP contribution is 2.35. The van der Waals surface area contributed by atoms with Gasteiger partial charge in [0, 0.05) is 50.1 Å². The van der Waals surface area contributed by atoms with Crippen molar-refractivity contribution < 1.29 is 9.47 Å². The zero-order valence-electron chi connectivity index (χ0n) is 17.1. The predicted octanol–water partition coefficient (Wildman–Crippen LogP) is 3.62. The molecule has 1 aromatic carbocycles. The number of hydrogen-bond donors (Lipinski definition) is 2. The van der Waals surface area contributed by atoms with E-state index in [0.717, 1.165) is 36.0 Å². The molecule has 0 saturated heterocycles. The Labute approximate surface area is 184 Å². The Morgan fingerprint density at radius 1 is 1.32 bits per heavy atom. The van der Waals surface area contributed by atoms with E-state index in [1.807, 2.05) is 24.7 Å². The van der Waals surface area contributed by atoms with E-state index >= 15 is 0 Å². The molecule has 1 aromatic heterocycles. The van der Waals surface area contributed by atoms with Crippen molar-refractivity contribution in [2.75, 3.05) is 13.2 Å². The minimum absolute atomic E-state index is 0. The van der Waals surface area contributed by atoms with Gasteiger partial charge in [-0.3, -0.25) is 0 Å². The summed E-state index contributed by atoms with van der Waals surface area (Å²) in [4.78, 5) is 4.68. The molecule has 0 saturated carbocycles. The first-order chi connectivity index (χ1) is 13.1. The van der Waals surface area contributed by atoms with Gasteiger partial charge in [0.05, 0.1) is 13.2 Å². The summed E-state index contributed by atoms with van der Waals surface area (Å²) in [6.45, 7) is 8.89. The summed E-state index contributed by atoms with van der Waals surface area (Å²) in [6, 6.07) is 6.30. The van der Waals surface area contributed by atoms with Crippen molar-refractivity contribution in [1.82, 2.24) is 15.2 Å². The lowest BCUT2D eigenvalue weighted by Gasteiger charge is -2.15. The molecule has 154 valence electrons. The summed E-state index contributed by atoms with van der Waals surface area (Å²) >= 11 is 0. The van der Waals surface area contributed by atoms with Gasteiger partial charge in [0.15, 0.2) is 5.96 Å². The fourth-order valence-corrected chi connectivity index (χ4v) is 3.25. The van der Waals surface area contributed by atoms with Crippen LogP contribution >= 0.6 is 24.0 Å². The van der Waals surface area contributed by atoms with E-state index in [9.17, 15) is 0 Å². The molecule has 2 N–H and O–H groups in total. The molecule has 0 spiro atoms. The highest BCUT2D eigenvalue weighted by molar-refractivity contribution is 14.0. The summed E-state index contributed by atoms with van der Waals surface area (Å²) in [5.41, 5.74) is 3.49. The SMILES string of the molecule is CCNC(=NCc1ccn(C)c1)NCc1cc2c(cc1OCC)CC(C)O2.I. The van der Waals surface area contributed by atoms with Gasteiger partial charge < -0.3 is 24.7 Å². The Kier molecular flexibility index (Phi) is 8.47. The largest absolute Gasteiger partial charge is 0.494 e. The van der Waals surface area contributed by atoms with Crippen LogP contribution in [0.5, 0.6) is 11.5 Å². The number of benzene rings is 1. The Morgan fingerprint density at radius 3 is 2.82 bits per heavy atom. The van der Waals surface area contributed by atoms with Crippen molar-refractivity contribution in [3.05, 3.63) is 47.3 Å². The third-order valence-corrected chi connectivity index (χ3v) is 4.48. The lowest BCUT2D eigenvalue weighted by Crippen LogP contribution is -2.36. The number of hydrogen-bond acceptors (Lipinski definition) is 3. The fourth-order valence-electron chi connectivity index (χ4n) is 3.25. The van der Waals surface area contributed by atoms with Crippen molar-refractivity contribution >= 4 is 29.9 Å². The Hall–Kier alpha value is -1.90. The van der Waals surface area contributed by atoms with Crippen LogP contribution in [0.3, 0.4) is 0 Å². The van der Waals surface area contributed by atoms with Crippen LogP contribution in [0.1, 0.15) is 37.5 Å². The van der Waals surface area contributed by atoms with Crippen LogP contribution in [-0.4, -0.2) is 29.8 Å². The maximum atomic E-state index is 5.91. The zero-order chi connectivity index (χ0) is 19.2. The van der Waals surface area contributed by atoms with Gasteiger partial charge in [-0.15, -0.1) is 24.0 Å². The summed E-state index contributed by atoms with van der Waals surface area (Å²) in [5, 5.41) is 6.71. The van der Waals surface area contributed by atoms with E-state index in [0.29, 0.717) is 19.7 Å². The normalized spacial score (nSPS) is 15.4. The van der Waals surface area contributed by atoms with Crippen LogP contribution in [0.2, 0.25) is 0 Å². The first kappa shape index (κ1) is 22.4. The predicted molar refractivity (Wildman–Crippen MR) is 124 cm³/mol. The summed E-state index contributed by atoms with van der Waals surface area (Å²) < 4.78 is 13.8. The molecule has 2 heterocycles. The minimum atomic E-state index is 0. The third kappa shape index (κ3) is 5.80. The van der Waals surface area contributed by atoms with Crippen molar-refractivity contribution in [3.8, 4) is 11.5 Å². The van der Waals surface area contributed by atoms with Crippen molar-refractivity contribution in [2.24, 2.45) is 12.0 Å².